The summed E-state index contributed by atoms with van der Waals surface area (Å²) in [6.45, 7) is 3.29. The molecule has 0 bridgehead atoms. The number of carbonyl (C=O) groups excluding carboxylic acids is 1. The van der Waals surface area contributed by atoms with Crippen molar-refractivity contribution >= 4 is 5.97 Å². The zero-order valence-corrected chi connectivity index (χ0v) is 17.4. The van der Waals surface area contributed by atoms with Gasteiger partial charge in [-0.15, -0.1) is 0 Å². The third-order valence-electron chi connectivity index (χ3n) is 5.65. The molecule has 0 unspecified atom stereocenters. The Hall–Kier alpha value is -2.93. The van der Waals surface area contributed by atoms with Crippen LogP contribution in [-0.4, -0.2) is 42.1 Å². The Kier molecular flexibility index (Phi) is 7.41. The van der Waals surface area contributed by atoms with E-state index in [0.717, 1.165) is 11.1 Å². The number of hydrogen-bond donors (Lipinski definition) is 0. The molecule has 0 aliphatic carbocycles. The fourth-order valence-corrected chi connectivity index (χ4v) is 4.26. The Balaban J connectivity index is 1.94. The number of benzene rings is 2. The van der Waals surface area contributed by atoms with Crippen LogP contribution < -0.4 is 4.74 Å². The molecule has 3 atom stereocenters. The van der Waals surface area contributed by atoms with Gasteiger partial charge in [0, 0.05) is 17.4 Å². The summed E-state index contributed by atoms with van der Waals surface area (Å²) in [7, 11) is 1.59. The lowest BCUT2D eigenvalue weighted by Crippen LogP contribution is -2.50. The van der Waals surface area contributed by atoms with Crippen molar-refractivity contribution < 1.29 is 19.2 Å². The van der Waals surface area contributed by atoms with Crippen LogP contribution in [0.4, 0.5) is 0 Å². The number of likely N-dealkylation sites (tertiary alicyclic amines) is 1. The fourth-order valence-electron chi connectivity index (χ4n) is 4.26. The van der Waals surface area contributed by atoms with Gasteiger partial charge in [0.05, 0.1) is 20.1 Å². The second kappa shape index (κ2) is 10.2. The van der Waals surface area contributed by atoms with Crippen molar-refractivity contribution in [3.05, 3.63) is 75.8 Å². The molecule has 1 fully saturated rings. The molecule has 0 aromatic heterocycles. The van der Waals surface area contributed by atoms with Gasteiger partial charge in [-0.3, -0.25) is 19.8 Å². The van der Waals surface area contributed by atoms with Crippen molar-refractivity contribution in [2.75, 3.05) is 20.3 Å². The fraction of sp³-hybridized carbons (Fsp3) is 0.435. The molecule has 30 heavy (non-hydrogen) atoms. The van der Waals surface area contributed by atoms with Crippen LogP contribution in [0.25, 0.3) is 0 Å². The van der Waals surface area contributed by atoms with Gasteiger partial charge < -0.3 is 9.47 Å². The first-order valence-electron chi connectivity index (χ1n) is 10.2. The Morgan fingerprint density at radius 1 is 1.17 bits per heavy atom. The number of carbonyl (C=O) groups is 1. The summed E-state index contributed by atoms with van der Waals surface area (Å²) in [5, 5.41) is 12.2. The molecular weight excluding hydrogens is 384 g/mol. The van der Waals surface area contributed by atoms with Gasteiger partial charge in [0.2, 0.25) is 6.04 Å². The number of piperidine rings is 1. The van der Waals surface area contributed by atoms with Gasteiger partial charge in [0.1, 0.15) is 11.8 Å². The van der Waals surface area contributed by atoms with Crippen molar-refractivity contribution in [3.8, 4) is 5.75 Å². The van der Waals surface area contributed by atoms with Crippen LogP contribution in [0.5, 0.6) is 5.75 Å². The topological polar surface area (TPSA) is 81.9 Å². The molecule has 7 heteroatoms. The predicted molar refractivity (Wildman–Crippen MR) is 113 cm³/mol. The molecule has 7 nitrogen and oxygen atoms in total. The van der Waals surface area contributed by atoms with Crippen molar-refractivity contribution in [2.45, 2.75) is 38.4 Å². The van der Waals surface area contributed by atoms with E-state index in [-0.39, 0.29) is 29.8 Å². The lowest BCUT2D eigenvalue weighted by atomic mass is 9.80. The second-order valence-corrected chi connectivity index (χ2v) is 7.51. The van der Waals surface area contributed by atoms with Gasteiger partial charge in [-0.2, -0.15) is 0 Å². The van der Waals surface area contributed by atoms with E-state index in [0.29, 0.717) is 25.3 Å². The highest BCUT2D eigenvalue weighted by atomic mass is 16.6. The number of nitro groups is 1. The highest BCUT2D eigenvalue weighted by Crippen LogP contribution is 2.39. The van der Waals surface area contributed by atoms with Crippen molar-refractivity contribution in [2.24, 2.45) is 5.92 Å². The minimum Gasteiger partial charge on any atom is -0.497 e. The summed E-state index contributed by atoms with van der Waals surface area (Å²) in [5.74, 6) is -0.0533. The molecule has 2 aromatic rings. The molecule has 3 rings (SSSR count). The number of rotatable bonds is 8. The minimum absolute atomic E-state index is 0.0608. The Bertz CT molecular complexity index is 840. The number of ether oxygens (including phenoxy) is 2. The van der Waals surface area contributed by atoms with Gasteiger partial charge in [0.25, 0.3) is 0 Å². The van der Waals surface area contributed by atoms with E-state index in [1.54, 1.807) is 14.0 Å². The van der Waals surface area contributed by atoms with E-state index < -0.39 is 12.1 Å². The third kappa shape index (κ3) is 5.16. The minimum atomic E-state index is -0.903. The number of nitrogens with zero attached hydrogens (tertiary/aromatic N) is 2. The molecule has 0 N–H and O–H groups in total. The summed E-state index contributed by atoms with van der Waals surface area (Å²) < 4.78 is 10.3. The van der Waals surface area contributed by atoms with Crippen LogP contribution in [0.3, 0.4) is 0 Å². The standard InChI is InChI=1S/C23H28N2O5/c1-3-30-21(26)15-19-13-14-24(16-17-7-5-4-6-8-17)22(23(19)25(27)28)18-9-11-20(29-2)12-10-18/h4-12,19,22-23H,3,13-16H2,1-2H3/t19-,22+,23-/m0/s1. The van der Waals surface area contributed by atoms with Gasteiger partial charge in [-0.1, -0.05) is 42.5 Å². The second-order valence-electron chi connectivity index (χ2n) is 7.51. The van der Waals surface area contributed by atoms with Crippen LogP contribution in [0, 0.1) is 16.0 Å². The number of hydrogen-bond acceptors (Lipinski definition) is 6. The maximum atomic E-state index is 12.2. The van der Waals surface area contributed by atoms with E-state index in [4.69, 9.17) is 9.47 Å². The van der Waals surface area contributed by atoms with Gasteiger partial charge in [0.15, 0.2) is 0 Å². The molecule has 2 aromatic carbocycles. The van der Waals surface area contributed by atoms with Crippen LogP contribution in [-0.2, 0) is 16.1 Å². The third-order valence-corrected chi connectivity index (χ3v) is 5.65. The van der Waals surface area contributed by atoms with E-state index in [1.807, 2.05) is 54.6 Å². The summed E-state index contributed by atoms with van der Waals surface area (Å²) in [4.78, 5) is 26.2. The first kappa shape index (κ1) is 21.8. The van der Waals surface area contributed by atoms with Crippen molar-refractivity contribution in [1.29, 1.82) is 0 Å². The lowest BCUT2D eigenvalue weighted by Gasteiger charge is -2.41. The molecule has 1 aliphatic rings. The first-order chi connectivity index (χ1) is 14.5. The van der Waals surface area contributed by atoms with Gasteiger partial charge >= 0.3 is 5.97 Å². The Labute approximate surface area is 176 Å². The average molecular weight is 412 g/mol. The Morgan fingerprint density at radius 2 is 1.87 bits per heavy atom. The SMILES string of the molecule is CCOC(=O)C[C@@H]1CCN(Cc2ccccc2)[C@H](c2ccc(OC)cc2)[C@H]1[N+](=O)[O-]. The molecule has 1 aliphatic heterocycles. The zero-order chi connectivity index (χ0) is 21.5. The van der Waals surface area contributed by atoms with E-state index in [1.165, 1.54) is 0 Å². The zero-order valence-electron chi connectivity index (χ0n) is 17.4. The van der Waals surface area contributed by atoms with Crippen LogP contribution in [0.15, 0.2) is 54.6 Å². The highest BCUT2D eigenvalue weighted by molar-refractivity contribution is 5.69. The summed E-state index contributed by atoms with van der Waals surface area (Å²) in [6.07, 6.45) is 0.634. The maximum absolute atomic E-state index is 12.2. The highest BCUT2D eigenvalue weighted by Gasteiger charge is 2.47. The van der Waals surface area contributed by atoms with Crippen LogP contribution >= 0.6 is 0 Å². The predicted octanol–water partition coefficient (Wildman–Crippen LogP) is 3.86. The summed E-state index contributed by atoms with van der Waals surface area (Å²) in [6, 6.07) is 16.0. The molecule has 0 saturated carbocycles. The molecule has 0 radical (unpaired) electrons. The van der Waals surface area contributed by atoms with Crippen LogP contribution in [0.1, 0.15) is 36.9 Å². The van der Waals surface area contributed by atoms with E-state index in [9.17, 15) is 14.9 Å². The van der Waals surface area contributed by atoms with E-state index in [2.05, 4.69) is 4.90 Å². The maximum Gasteiger partial charge on any atom is 0.306 e. The van der Waals surface area contributed by atoms with Crippen molar-refractivity contribution in [1.82, 2.24) is 4.90 Å². The molecule has 160 valence electrons. The average Bonchev–Trinajstić information content (AvgIpc) is 2.75. The largest absolute Gasteiger partial charge is 0.497 e. The van der Waals surface area contributed by atoms with E-state index >= 15 is 0 Å². The molecule has 1 saturated heterocycles. The quantitative estimate of drug-likeness (QED) is 0.372. The summed E-state index contributed by atoms with van der Waals surface area (Å²) in [5.41, 5.74) is 1.95. The first-order valence-corrected chi connectivity index (χ1v) is 10.2. The van der Waals surface area contributed by atoms with Gasteiger partial charge in [-0.25, -0.2) is 0 Å². The molecule has 0 spiro atoms. The molecule has 0 amide bonds. The lowest BCUT2D eigenvalue weighted by molar-refractivity contribution is -0.545. The normalized spacial score (nSPS) is 21.7. The summed E-state index contributed by atoms with van der Waals surface area (Å²) >= 11 is 0. The van der Waals surface area contributed by atoms with Gasteiger partial charge in [-0.05, 0) is 43.1 Å². The van der Waals surface area contributed by atoms with Crippen molar-refractivity contribution in [3.63, 3.8) is 0 Å². The Morgan fingerprint density at radius 3 is 2.47 bits per heavy atom. The smallest absolute Gasteiger partial charge is 0.306 e. The number of methoxy groups -OCH3 is 1. The van der Waals surface area contributed by atoms with Crippen LogP contribution in [0.2, 0.25) is 0 Å². The monoisotopic (exact) mass is 412 g/mol. The molecule has 1 heterocycles. The number of esters is 1. The molecular formula is C23H28N2O5.